The van der Waals surface area contributed by atoms with Gasteiger partial charge in [-0.05, 0) is 53.6 Å². The molecular formula is C26H32N2O3. The molecule has 0 bridgehead atoms. The second-order valence-corrected chi connectivity index (χ2v) is 9.61. The van der Waals surface area contributed by atoms with Crippen molar-refractivity contribution < 1.29 is 14.7 Å². The number of β-amino-alcohol motifs (C(OH)–C–C–N with tert-alkyl or cyclic N) is 1. The van der Waals surface area contributed by atoms with E-state index < -0.39 is 0 Å². The van der Waals surface area contributed by atoms with E-state index in [1.54, 1.807) is 19.0 Å². The highest BCUT2D eigenvalue weighted by Gasteiger charge is 2.43. The first-order valence-electron chi connectivity index (χ1n) is 11.1. The molecule has 0 radical (unpaired) electrons. The summed E-state index contributed by atoms with van der Waals surface area (Å²) < 4.78 is 0. The number of aliphatic hydroxyl groups is 1. The van der Waals surface area contributed by atoms with Gasteiger partial charge in [-0.25, -0.2) is 0 Å². The summed E-state index contributed by atoms with van der Waals surface area (Å²) in [5, 5.41) is 9.90. The molecule has 1 aliphatic carbocycles. The molecule has 1 aliphatic heterocycles. The van der Waals surface area contributed by atoms with Gasteiger partial charge in [0.25, 0.3) is 5.91 Å². The zero-order valence-electron chi connectivity index (χ0n) is 18.7. The fraction of sp³-hybridized carbons (Fsp3) is 0.462. The molecule has 0 unspecified atom stereocenters. The lowest BCUT2D eigenvalue weighted by atomic mass is 9.92. The number of likely N-dealkylation sites (tertiary alicyclic amines) is 1. The summed E-state index contributed by atoms with van der Waals surface area (Å²) in [6.45, 7) is 4.39. The fourth-order valence-corrected chi connectivity index (χ4v) is 4.25. The zero-order chi connectivity index (χ0) is 22.2. The number of hydrogen-bond donors (Lipinski definition) is 1. The van der Waals surface area contributed by atoms with Gasteiger partial charge in [-0.3, -0.25) is 14.5 Å². The Morgan fingerprint density at radius 3 is 2.42 bits per heavy atom. The molecule has 1 heterocycles. The van der Waals surface area contributed by atoms with Gasteiger partial charge in [0.1, 0.15) is 5.78 Å². The Balaban J connectivity index is 1.63. The maximum absolute atomic E-state index is 12.6. The van der Waals surface area contributed by atoms with Crippen molar-refractivity contribution in [3.63, 3.8) is 0 Å². The second kappa shape index (κ2) is 8.56. The molecule has 164 valence electrons. The predicted molar refractivity (Wildman–Crippen MR) is 122 cm³/mol. The minimum atomic E-state index is -0.254. The molecule has 0 aromatic heterocycles. The zero-order valence-corrected chi connectivity index (χ0v) is 18.7. The number of benzene rings is 2. The Morgan fingerprint density at radius 2 is 1.84 bits per heavy atom. The van der Waals surface area contributed by atoms with E-state index in [1.165, 1.54) is 5.56 Å². The van der Waals surface area contributed by atoms with Crippen molar-refractivity contribution >= 4 is 11.7 Å². The normalized spacial score (nSPS) is 19.9. The maximum atomic E-state index is 12.6. The number of carbonyl (C=O) groups is 2. The Hall–Kier alpha value is -2.50. The lowest BCUT2D eigenvalue weighted by Gasteiger charge is -2.19. The van der Waals surface area contributed by atoms with Crippen LogP contribution in [0.5, 0.6) is 0 Å². The lowest BCUT2D eigenvalue weighted by molar-refractivity contribution is -0.122. The number of nitrogens with zero attached hydrogens (tertiary/aromatic N) is 2. The van der Waals surface area contributed by atoms with Crippen LogP contribution < -0.4 is 0 Å². The van der Waals surface area contributed by atoms with E-state index in [0.717, 1.165) is 49.0 Å². The molecular weight excluding hydrogens is 388 g/mol. The van der Waals surface area contributed by atoms with E-state index in [4.69, 9.17) is 0 Å². The first-order chi connectivity index (χ1) is 14.7. The Morgan fingerprint density at radius 1 is 1.13 bits per heavy atom. The van der Waals surface area contributed by atoms with Crippen LogP contribution >= 0.6 is 0 Å². The van der Waals surface area contributed by atoms with E-state index in [9.17, 15) is 14.7 Å². The lowest BCUT2D eigenvalue weighted by Crippen LogP contribution is -2.22. The van der Waals surface area contributed by atoms with Gasteiger partial charge in [0.15, 0.2) is 0 Å². The number of Topliss-reactive ketones (excluding diaryl/α,β-unsaturated/α-hetero) is 1. The van der Waals surface area contributed by atoms with E-state index in [-0.39, 0.29) is 17.4 Å². The van der Waals surface area contributed by atoms with Gasteiger partial charge >= 0.3 is 0 Å². The van der Waals surface area contributed by atoms with Crippen LogP contribution in [0.25, 0.3) is 11.1 Å². The van der Waals surface area contributed by atoms with Crippen LogP contribution in [0.4, 0.5) is 0 Å². The smallest absolute Gasteiger partial charge is 0.253 e. The molecule has 0 spiro atoms. The fourth-order valence-electron chi connectivity index (χ4n) is 4.25. The number of rotatable bonds is 7. The van der Waals surface area contributed by atoms with Gasteiger partial charge < -0.3 is 10.0 Å². The van der Waals surface area contributed by atoms with Gasteiger partial charge in [0.2, 0.25) is 0 Å². The van der Waals surface area contributed by atoms with E-state index in [1.807, 2.05) is 24.3 Å². The van der Waals surface area contributed by atoms with E-state index >= 15 is 0 Å². The van der Waals surface area contributed by atoms with Crippen LogP contribution in [-0.4, -0.2) is 59.9 Å². The van der Waals surface area contributed by atoms with Crippen LogP contribution in [0.1, 0.15) is 47.7 Å². The highest BCUT2D eigenvalue weighted by molar-refractivity contribution is 5.94. The van der Waals surface area contributed by atoms with Crippen LogP contribution in [0, 0.1) is 5.41 Å². The van der Waals surface area contributed by atoms with E-state index in [2.05, 4.69) is 30.0 Å². The first kappa shape index (κ1) is 21.7. The summed E-state index contributed by atoms with van der Waals surface area (Å²) in [4.78, 5) is 28.7. The molecule has 1 amide bonds. The van der Waals surface area contributed by atoms with Crippen LogP contribution in [-0.2, 0) is 17.8 Å². The van der Waals surface area contributed by atoms with Crippen molar-refractivity contribution in [2.75, 3.05) is 27.2 Å². The molecule has 4 rings (SSSR count). The van der Waals surface area contributed by atoms with Crippen molar-refractivity contribution in [3.8, 4) is 11.1 Å². The summed E-state index contributed by atoms with van der Waals surface area (Å²) in [6.07, 6.45) is 3.01. The largest absolute Gasteiger partial charge is 0.392 e. The van der Waals surface area contributed by atoms with Gasteiger partial charge in [-0.15, -0.1) is 0 Å². The van der Waals surface area contributed by atoms with Gasteiger partial charge in [-0.2, -0.15) is 0 Å². The van der Waals surface area contributed by atoms with Crippen LogP contribution in [0.3, 0.4) is 0 Å². The summed E-state index contributed by atoms with van der Waals surface area (Å²) in [5.41, 5.74) is 4.87. The summed E-state index contributed by atoms with van der Waals surface area (Å²) in [7, 11) is 3.50. The molecule has 2 aromatic rings. The molecule has 5 heteroatoms. The predicted octanol–water partition coefficient (Wildman–Crippen LogP) is 3.53. The molecule has 1 atom stereocenters. The molecule has 5 nitrogen and oxygen atoms in total. The molecule has 1 saturated heterocycles. The molecule has 2 fully saturated rings. The van der Waals surface area contributed by atoms with Gasteiger partial charge in [-0.1, -0.05) is 37.3 Å². The van der Waals surface area contributed by atoms with Gasteiger partial charge in [0, 0.05) is 51.1 Å². The van der Waals surface area contributed by atoms with Crippen LogP contribution in [0.15, 0.2) is 42.5 Å². The van der Waals surface area contributed by atoms with Crippen LogP contribution in [0.2, 0.25) is 0 Å². The Kier molecular flexibility index (Phi) is 6.00. The Bertz CT molecular complexity index is 977. The number of aliphatic hydroxyl groups excluding tert-OH is 1. The second-order valence-electron chi connectivity index (χ2n) is 9.61. The number of hydrogen-bond acceptors (Lipinski definition) is 4. The topological polar surface area (TPSA) is 60.9 Å². The average Bonchev–Trinajstić information content (AvgIpc) is 3.38. The van der Waals surface area contributed by atoms with Gasteiger partial charge in [0.05, 0.1) is 6.10 Å². The third-order valence-corrected chi connectivity index (χ3v) is 6.70. The van der Waals surface area contributed by atoms with Crippen molar-refractivity contribution in [1.29, 1.82) is 0 Å². The minimum Gasteiger partial charge on any atom is -0.392 e. The highest BCUT2D eigenvalue weighted by Crippen LogP contribution is 2.46. The number of carbonyl (C=O) groups excluding carboxylic acids is 2. The standard InChI is InChI=1S/C26H32N2O3/c1-26(11-12-26)24(30)15-18-4-5-21(16-28-13-10-22(29)17-28)23(14-18)19-6-8-20(9-7-19)25(31)27(2)3/h4-9,14,22,29H,10-13,15-17H2,1-3H3/t22-/m1/s1. The quantitative estimate of drug-likeness (QED) is 0.744. The Labute approximate surface area is 184 Å². The molecule has 31 heavy (non-hydrogen) atoms. The average molecular weight is 421 g/mol. The first-order valence-corrected chi connectivity index (χ1v) is 11.1. The summed E-state index contributed by atoms with van der Waals surface area (Å²) >= 11 is 0. The monoisotopic (exact) mass is 420 g/mol. The molecule has 1 saturated carbocycles. The molecule has 1 N–H and O–H groups in total. The molecule has 2 aliphatic rings. The SMILES string of the molecule is CN(C)C(=O)c1ccc(-c2cc(CC(=O)C3(C)CC3)ccc2CN2CC[C@@H](O)C2)cc1. The molecule has 2 aromatic carbocycles. The maximum Gasteiger partial charge on any atom is 0.253 e. The van der Waals surface area contributed by atoms with Crippen molar-refractivity contribution in [2.24, 2.45) is 5.41 Å². The summed E-state index contributed by atoms with van der Waals surface area (Å²) in [5.74, 6) is 0.302. The van der Waals surface area contributed by atoms with Crippen molar-refractivity contribution in [2.45, 2.75) is 45.3 Å². The summed E-state index contributed by atoms with van der Waals surface area (Å²) in [6, 6.07) is 14.0. The number of ketones is 1. The highest BCUT2D eigenvalue weighted by atomic mass is 16.3. The van der Waals surface area contributed by atoms with Crippen molar-refractivity contribution in [3.05, 3.63) is 59.2 Å². The minimum absolute atomic E-state index is 0.0187. The number of amides is 1. The van der Waals surface area contributed by atoms with E-state index in [0.29, 0.717) is 24.3 Å². The van der Waals surface area contributed by atoms with Crippen molar-refractivity contribution in [1.82, 2.24) is 9.80 Å². The third-order valence-electron chi connectivity index (χ3n) is 6.70. The third kappa shape index (κ3) is 4.89.